The second kappa shape index (κ2) is 7.42. The molecule has 0 amide bonds. The van der Waals surface area contributed by atoms with E-state index in [2.05, 4.69) is 20.8 Å². The quantitative estimate of drug-likeness (QED) is 0.638. The maximum Gasteiger partial charge on any atom is 0.262 e. The Morgan fingerprint density at radius 1 is 1.16 bits per heavy atom. The number of halogens is 1. The maximum atomic E-state index is 13.0. The van der Waals surface area contributed by atoms with Crippen LogP contribution in [0.1, 0.15) is 16.1 Å². The zero-order valence-corrected chi connectivity index (χ0v) is 16.2. The molecule has 0 fully saturated rings. The summed E-state index contributed by atoms with van der Waals surface area (Å²) < 4.78 is 8.75. The number of hydrogen-bond donors (Lipinski definition) is 0. The second-order valence-electron chi connectivity index (χ2n) is 6.23. The van der Waals surface area contributed by atoms with Crippen molar-refractivity contribution in [2.45, 2.75) is 6.92 Å². The number of nitrogens with zero attached hydrogens (tertiary/aromatic N) is 2. The van der Waals surface area contributed by atoms with Crippen molar-refractivity contribution in [3.63, 3.8) is 0 Å². The molecule has 2 aromatic carbocycles. The number of fused-ring (bicyclic) bond motifs is 1. The van der Waals surface area contributed by atoms with E-state index in [-0.39, 0.29) is 5.91 Å². The molecule has 0 bridgehead atoms. The first-order chi connectivity index (χ1) is 12.0. The third kappa shape index (κ3) is 3.62. The molecule has 0 radical (unpaired) electrons. The maximum absolute atomic E-state index is 13.0. The fourth-order valence-corrected chi connectivity index (χ4v) is 3.21. The van der Waals surface area contributed by atoms with Crippen LogP contribution in [-0.4, -0.2) is 42.6 Å². The predicted molar refractivity (Wildman–Crippen MR) is 105 cm³/mol. The topological polar surface area (TPSA) is 34.5 Å². The number of rotatable bonds is 5. The summed E-state index contributed by atoms with van der Waals surface area (Å²) in [6.45, 7) is 3.31. The van der Waals surface area contributed by atoms with Gasteiger partial charge in [-0.3, -0.25) is 9.36 Å². The number of likely N-dealkylation sites (N-methyl/N-ethyl adjacent to an activating group) is 1. The normalized spacial score (nSPS) is 11.2. The van der Waals surface area contributed by atoms with E-state index in [1.165, 1.54) is 0 Å². The van der Waals surface area contributed by atoms with Crippen molar-refractivity contribution in [1.29, 1.82) is 0 Å². The van der Waals surface area contributed by atoms with Crippen LogP contribution in [0.3, 0.4) is 0 Å². The van der Waals surface area contributed by atoms with Gasteiger partial charge in [-0.05, 0) is 51.4 Å². The van der Waals surface area contributed by atoms with Crippen LogP contribution >= 0.6 is 15.9 Å². The first kappa shape index (κ1) is 17.7. The number of carbonyl (C=O) groups is 1. The Balaban J connectivity index is 2.09. The molecule has 25 heavy (non-hydrogen) atoms. The highest BCUT2D eigenvalue weighted by molar-refractivity contribution is 9.10. The Hall–Kier alpha value is -2.11. The molecular weight excluding hydrogens is 380 g/mol. The van der Waals surface area contributed by atoms with Gasteiger partial charge in [0.2, 0.25) is 0 Å². The van der Waals surface area contributed by atoms with Gasteiger partial charge in [-0.2, -0.15) is 0 Å². The number of ether oxygens (including phenoxy) is 1. The zero-order chi connectivity index (χ0) is 18.0. The SMILES string of the molecule is Cc1c(OCCN(C)C)c2cc(Br)ccc2n1C(=O)c1ccccc1. The van der Waals surface area contributed by atoms with Crippen LogP contribution in [0.2, 0.25) is 0 Å². The Bertz CT molecular complexity index is 901. The van der Waals surface area contributed by atoms with Gasteiger partial charge in [0.05, 0.1) is 11.2 Å². The summed E-state index contributed by atoms with van der Waals surface area (Å²) >= 11 is 3.52. The fraction of sp³-hybridized carbons (Fsp3) is 0.250. The minimum absolute atomic E-state index is 0.0483. The molecule has 0 aliphatic carbocycles. The van der Waals surface area contributed by atoms with Gasteiger partial charge >= 0.3 is 0 Å². The zero-order valence-electron chi connectivity index (χ0n) is 14.6. The third-order valence-corrected chi connectivity index (χ3v) is 4.61. The molecular formula is C20H21BrN2O2. The summed E-state index contributed by atoms with van der Waals surface area (Å²) in [5.74, 6) is 0.718. The monoisotopic (exact) mass is 400 g/mol. The Labute approximate surface area is 156 Å². The van der Waals surface area contributed by atoms with Crippen molar-refractivity contribution in [1.82, 2.24) is 9.47 Å². The Morgan fingerprint density at radius 3 is 2.56 bits per heavy atom. The predicted octanol–water partition coefficient (Wildman–Crippen LogP) is 4.34. The molecule has 0 spiro atoms. The van der Waals surface area contributed by atoms with Crippen molar-refractivity contribution in [2.75, 3.05) is 27.2 Å². The van der Waals surface area contributed by atoms with Gasteiger partial charge in [0.25, 0.3) is 5.91 Å². The summed E-state index contributed by atoms with van der Waals surface area (Å²) in [7, 11) is 4.02. The van der Waals surface area contributed by atoms with Crippen LogP contribution in [0.5, 0.6) is 5.75 Å². The smallest absolute Gasteiger partial charge is 0.262 e. The molecule has 5 heteroatoms. The standard InChI is InChI=1S/C20H21BrN2O2/c1-14-19(25-12-11-22(2)3)17-13-16(21)9-10-18(17)23(14)20(24)15-7-5-4-6-8-15/h4-10,13H,11-12H2,1-3H3. The average molecular weight is 401 g/mol. The van der Waals surface area contributed by atoms with E-state index >= 15 is 0 Å². The van der Waals surface area contributed by atoms with Gasteiger partial charge in [-0.1, -0.05) is 34.1 Å². The van der Waals surface area contributed by atoms with E-state index in [1.807, 2.05) is 69.6 Å². The van der Waals surface area contributed by atoms with Crippen LogP contribution in [0.15, 0.2) is 53.0 Å². The van der Waals surface area contributed by atoms with Gasteiger partial charge in [-0.15, -0.1) is 0 Å². The molecule has 3 rings (SSSR count). The Morgan fingerprint density at radius 2 is 1.88 bits per heavy atom. The molecule has 0 saturated heterocycles. The molecule has 4 nitrogen and oxygen atoms in total. The minimum Gasteiger partial charge on any atom is -0.490 e. The van der Waals surface area contributed by atoms with Crippen LogP contribution in [-0.2, 0) is 0 Å². The summed E-state index contributed by atoms with van der Waals surface area (Å²) in [4.78, 5) is 15.1. The van der Waals surface area contributed by atoms with Gasteiger partial charge in [-0.25, -0.2) is 0 Å². The summed E-state index contributed by atoms with van der Waals surface area (Å²) in [5.41, 5.74) is 2.33. The van der Waals surface area contributed by atoms with E-state index in [9.17, 15) is 4.79 Å². The van der Waals surface area contributed by atoms with Crippen molar-refractivity contribution in [2.24, 2.45) is 0 Å². The highest BCUT2D eigenvalue weighted by Gasteiger charge is 2.21. The van der Waals surface area contributed by atoms with Crippen LogP contribution in [0.25, 0.3) is 10.9 Å². The van der Waals surface area contributed by atoms with Crippen LogP contribution in [0, 0.1) is 6.92 Å². The lowest BCUT2D eigenvalue weighted by Gasteiger charge is -2.11. The second-order valence-corrected chi connectivity index (χ2v) is 7.15. The molecule has 3 aromatic rings. The number of benzene rings is 2. The first-order valence-electron chi connectivity index (χ1n) is 8.17. The van der Waals surface area contributed by atoms with Crippen molar-refractivity contribution < 1.29 is 9.53 Å². The number of hydrogen-bond acceptors (Lipinski definition) is 3. The molecule has 0 aliphatic rings. The van der Waals surface area contributed by atoms with E-state index in [4.69, 9.17) is 4.74 Å². The molecule has 0 unspecified atom stereocenters. The van der Waals surface area contributed by atoms with E-state index in [1.54, 1.807) is 4.57 Å². The molecule has 0 saturated carbocycles. The fourth-order valence-electron chi connectivity index (χ4n) is 2.85. The van der Waals surface area contributed by atoms with Crippen LogP contribution in [0.4, 0.5) is 0 Å². The van der Waals surface area contributed by atoms with Gasteiger partial charge in [0.1, 0.15) is 12.4 Å². The van der Waals surface area contributed by atoms with E-state index < -0.39 is 0 Å². The van der Waals surface area contributed by atoms with Gasteiger partial charge in [0.15, 0.2) is 0 Å². The molecule has 1 aromatic heterocycles. The van der Waals surface area contributed by atoms with Crippen molar-refractivity contribution in [3.05, 3.63) is 64.3 Å². The highest BCUT2D eigenvalue weighted by Crippen LogP contribution is 2.35. The van der Waals surface area contributed by atoms with Crippen molar-refractivity contribution >= 4 is 32.7 Å². The lowest BCUT2D eigenvalue weighted by molar-refractivity contribution is 0.0962. The van der Waals surface area contributed by atoms with Gasteiger partial charge < -0.3 is 9.64 Å². The molecule has 0 atom stereocenters. The van der Waals surface area contributed by atoms with E-state index in [0.29, 0.717) is 12.2 Å². The highest BCUT2D eigenvalue weighted by atomic mass is 79.9. The lowest BCUT2D eigenvalue weighted by atomic mass is 10.2. The van der Waals surface area contributed by atoms with Crippen LogP contribution < -0.4 is 4.74 Å². The molecule has 0 N–H and O–H groups in total. The summed E-state index contributed by atoms with van der Waals surface area (Å²) in [6.07, 6.45) is 0. The van der Waals surface area contributed by atoms with Gasteiger partial charge in [0, 0.05) is 22.0 Å². The van der Waals surface area contributed by atoms with Crippen molar-refractivity contribution in [3.8, 4) is 5.75 Å². The summed E-state index contributed by atoms with van der Waals surface area (Å²) in [5, 5.41) is 0.940. The average Bonchev–Trinajstić information content (AvgIpc) is 2.86. The first-order valence-corrected chi connectivity index (χ1v) is 8.96. The summed E-state index contributed by atoms with van der Waals surface area (Å²) in [6, 6.07) is 15.2. The molecule has 0 aliphatic heterocycles. The number of carbonyl (C=O) groups excluding carboxylic acids is 1. The largest absolute Gasteiger partial charge is 0.490 e. The lowest BCUT2D eigenvalue weighted by Crippen LogP contribution is -2.19. The molecule has 1 heterocycles. The number of aromatic nitrogens is 1. The molecule has 130 valence electrons. The third-order valence-electron chi connectivity index (χ3n) is 4.12. The Kier molecular flexibility index (Phi) is 5.25. The van der Waals surface area contributed by atoms with E-state index in [0.717, 1.165) is 33.4 Å². The minimum atomic E-state index is -0.0483.